The maximum atomic E-state index is 12.3. The van der Waals surface area contributed by atoms with Crippen LogP contribution in [0.3, 0.4) is 0 Å². The number of carbonyl (C=O) groups is 3. The first-order valence-corrected chi connectivity index (χ1v) is 7.37. The molecule has 112 valence electrons. The lowest BCUT2D eigenvalue weighted by atomic mass is 9.95. The fourth-order valence-electron chi connectivity index (χ4n) is 3.06. The highest BCUT2D eigenvalue weighted by Gasteiger charge is 2.40. The molecule has 0 aromatic carbocycles. The van der Waals surface area contributed by atoms with Gasteiger partial charge in [0.15, 0.2) is 0 Å². The van der Waals surface area contributed by atoms with Crippen molar-refractivity contribution in [3.63, 3.8) is 0 Å². The van der Waals surface area contributed by atoms with Crippen LogP contribution in [0.15, 0.2) is 0 Å². The summed E-state index contributed by atoms with van der Waals surface area (Å²) in [6.07, 6.45) is 3.35. The number of nitrogens with one attached hydrogen (secondary N) is 1. The van der Waals surface area contributed by atoms with Gasteiger partial charge in [0.25, 0.3) is 0 Å². The third kappa shape index (κ3) is 3.17. The second-order valence-electron chi connectivity index (χ2n) is 5.86. The van der Waals surface area contributed by atoms with Gasteiger partial charge >= 0.3 is 6.03 Å². The van der Waals surface area contributed by atoms with Crippen molar-refractivity contribution in [1.29, 1.82) is 0 Å². The van der Waals surface area contributed by atoms with Gasteiger partial charge in [-0.1, -0.05) is 13.3 Å². The van der Waals surface area contributed by atoms with Crippen LogP contribution in [0.2, 0.25) is 0 Å². The van der Waals surface area contributed by atoms with E-state index in [1.54, 1.807) is 0 Å². The van der Waals surface area contributed by atoms with Gasteiger partial charge in [-0.05, 0) is 38.8 Å². The minimum Gasteiger partial charge on any atom is -0.306 e. The molecule has 0 saturated carbocycles. The highest BCUT2D eigenvalue weighted by molar-refractivity contribution is 6.16. The van der Waals surface area contributed by atoms with Crippen molar-refractivity contribution in [1.82, 2.24) is 15.1 Å². The summed E-state index contributed by atoms with van der Waals surface area (Å²) in [5.41, 5.74) is 0. The van der Waals surface area contributed by atoms with Gasteiger partial charge in [0.1, 0.15) is 5.92 Å². The van der Waals surface area contributed by atoms with Crippen molar-refractivity contribution < 1.29 is 14.4 Å². The maximum Gasteiger partial charge on any atom is 0.330 e. The molecule has 20 heavy (non-hydrogen) atoms. The highest BCUT2D eigenvalue weighted by atomic mass is 16.2. The number of hydrogen-bond donors (Lipinski definition) is 1. The van der Waals surface area contributed by atoms with Crippen LogP contribution in [0.1, 0.15) is 32.6 Å². The molecular weight excluding hydrogens is 258 g/mol. The molecule has 1 N–H and O–H groups in total. The topological polar surface area (TPSA) is 69.7 Å². The highest BCUT2D eigenvalue weighted by Crippen LogP contribution is 2.21. The molecule has 2 unspecified atom stereocenters. The van der Waals surface area contributed by atoms with Crippen LogP contribution in [0.5, 0.6) is 0 Å². The number of amides is 4. The van der Waals surface area contributed by atoms with Crippen LogP contribution in [0, 0.1) is 11.8 Å². The van der Waals surface area contributed by atoms with Gasteiger partial charge in [-0.3, -0.25) is 19.8 Å². The van der Waals surface area contributed by atoms with Crippen molar-refractivity contribution in [3.8, 4) is 0 Å². The lowest BCUT2D eigenvalue weighted by Crippen LogP contribution is -2.59. The number of imide groups is 2. The van der Waals surface area contributed by atoms with Gasteiger partial charge < -0.3 is 4.90 Å². The van der Waals surface area contributed by atoms with Gasteiger partial charge in [0.05, 0.1) is 0 Å². The molecule has 2 fully saturated rings. The number of nitrogens with zero attached hydrogens (tertiary/aromatic N) is 2. The summed E-state index contributed by atoms with van der Waals surface area (Å²) in [4.78, 5) is 39.4. The molecule has 2 aliphatic rings. The number of urea groups is 1. The molecule has 0 radical (unpaired) electrons. The Balaban J connectivity index is 2.03. The van der Waals surface area contributed by atoms with Crippen LogP contribution in [-0.2, 0) is 9.59 Å². The van der Waals surface area contributed by atoms with E-state index >= 15 is 0 Å². The quantitative estimate of drug-likeness (QED) is 0.775. The van der Waals surface area contributed by atoms with Gasteiger partial charge in [0, 0.05) is 13.1 Å². The number of rotatable bonds is 4. The van der Waals surface area contributed by atoms with Gasteiger partial charge in [0.2, 0.25) is 11.8 Å². The second-order valence-corrected chi connectivity index (χ2v) is 5.86. The fourth-order valence-corrected chi connectivity index (χ4v) is 3.06. The Bertz CT molecular complexity index is 410. The van der Waals surface area contributed by atoms with Crippen LogP contribution >= 0.6 is 0 Å². The van der Waals surface area contributed by atoms with Crippen molar-refractivity contribution in [2.75, 3.05) is 26.7 Å². The Kier molecular flexibility index (Phi) is 4.75. The third-order valence-electron chi connectivity index (χ3n) is 4.10. The monoisotopic (exact) mass is 281 g/mol. The van der Waals surface area contributed by atoms with Gasteiger partial charge in [-0.15, -0.1) is 0 Å². The molecular formula is C14H23N3O3. The first-order valence-electron chi connectivity index (χ1n) is 7.37. The molecule has 0 aliphatic carbocycles. The summed E-state index contributed by atoms with van der Waals surface area (Å²) < 4.78 is 0. The lowest BCUT2D eigenvalue weighted by molar-refractivity contribution is -0.143. The second kappa shape index (κ2) is 6.35. The average molecular weight is 281 g/mol. The predicted molar refractivity (Wildman–Crippen MR) is 73.9 cm³/mol. The van der Waals surface area contributed by atoms with Crippen molar-refractivity contribution in [2.24, 2.45) is 11.8 Å². The van der Waals surface area contributed by atoms with E-state index in [0.717, 1.165) is 32.4 Å². The minimum atomic E-state index is -0.695. The standard InChI is InChI=1S/C14H23N3O3/c1-3-5-11-12(18)15-14(20)17(13(11)19)9-10-6-4-7-16(2)8-10/h10-11H,3-9H2,1-2H3,(H,15,18,20). The SMILES string of the molecule is CCCC1C(=O)NC(=O)N(CC2CCCN(C)C2)C1=O. The summed E-state index contributed by atoms with van der Waals surface area (Å²) in [5, 5.41) is 2.31. The molecule has 4 amide bonds. The molecule has 2 atom stereocenters. The van der Waals surface area contributed by atoms with E-state index in [2.05, 4.69) is 10.2 Å². The average Bonchev–Trinajstić information content (AvgIpc) is 2.39. The Morgan fingerprint density at radius 3 is 2.70 bits per heavy atom. The van der Waals surface area contributed by atoms with E-state index in [0.29, 0.717) is 18.9 Å². The lowest BCUT2D eigenvalue weighted by Gasteiger charge is -2.36. The zero-order chi connectivity index (χ0) is 14.7. The number of carbonyl (C=O) groups excluding carboxylic acids is 3. The Morgan fingerprint density at radius 2 is 2.05 bits per heavy atom. The normalized spacial score (nSPS) is 28.7. The number of hydrogen-bond acceptors (Lipinski definition) is 4. The predicted octanol–water partition coefficient (Wildman–Crippen LogP) is 0.823. The molecule has 6 nitrogen and oxygen atoms in total. The summed E-state index contributed by atoms with van der Waals surface area (Å²) in [6, 6.07) is -0.555. The van der Waals surface area contributed by atoms with E-state index < -0.39 is 17.9 Å². The van der Waals surface area contributed by atoms with Crippen LogP contribution in [0.25, 0.3) is 0 Å². The van der Waals surface area contributed by atoms with E-state index in [-0.39, 0.29) is 5.91 Å². The Morgan fingerprint density at radius 1 is 1.30 bits per heavy atom. The summed E-state index contributed by atoms with van der Waals surface area (Å²) >= 11 is 0. The first-order chi connectivity index (χ1) is 9.52. The molecule has 2 saturated heterocycles. The summed E-state index contributed by atoms with van der Waals surface area (Å²) in [5.74, 6) is -1.16. The number of likely N-dealkylation sites (tertiary alicyclic amines) is 1. The molecule has 0 spiro atoms. The molecule has 0 bridgehead atoms. The summed E-state index contributed by atoms with van der Waals surface area (Å²) in [7, 11) is 2.05. The minimum absolute atomic E-state index is 0.305. The molecule has 0 aromatic heterocycles. The summed E-state index contributed by atoms with van der Waals surface area (Å²) in [6.45, 7) is 4.30. The van der Waals surface area contributed by atoms with Gasteiger partial charge in [-0.25, -0.2) is 4.79 Å². The zero-order valence-corrected chi connectivity index (χ0v) is 12.2. The third-order valence-corrected chi connectivity index (χ3v) is 4.10. The van der Waals surface area contributed by atoms with Crippen LogP contribution < -0.4 is 5.32 Å². The van der Waals surface area contributed by atoms with E-state index in [4.69, 9.17) is 0 Å². The van der Waals surface area contributed by atoms with Crippen molar-refractivity contribution in [3.05, 3.63) is 0 Å². The largest absolute Gasteiger partial charge is 0.330 e. The maximum absolute atomic E-state index is 12.3. The van der Waals surface area contributed by atoms with Crippen LogP contribution in [0.4, 0.5) is 4.79 Å². The zero-order valence-electron chi connectivity index (χ0n) is 12.2. The van der Waals surface area contributed by atoms with E-state index in [1.807, 2.05) is 14.0 Å². The molecule has 0 aromatic rings. The number of piperidine rings is 1. The van der Waals surface area contributed by atoms with E-state index in [9.17, 15) is 14.4 Å². The molecule has 6 heteroatoms. The van der Waals surface area contributed by atoms with Crippen LogP contribution in [-0.4, -0.2) is 54.3 Å². The fraction of sp³-hybridized carbons (Fsp3) is 0.786. The molecule has 2 aliphatic heterocycles. The molecule has 2 rings (SSSR count). The van der Waals surface area contributed by atoms with Gasteiger partial charge in [-0.2, -0.15) is 0 Å². The van der Waals surface area contributed by atoms with Crippen molar-refractivity contribution >= 4 is 17.8 Å². The Labute approximate surface area is 119 Å². The van der Waals surface area contributed by atoms with Crippen molar-refractivity contribution in [2.45, 2.75) is 32.6 Å². The smallest absolute Gasteiger partial charge is 0.306 e. The molecule has 2 heterocycles. The number of barbiturate groups is 1. The Hall–Kier alpha value is -1.43. The first kappa shape index (κ1) is 15.0. The van der Waals surface area contributed by atoms with E-state index in [1.165, 1.54) is 4.90 Å².